The Morgan fingerprint density at radius 1 is 0.865 bits per heavy atom. The van der Waals surface area contributed by atoms with Crippen LogP contribution in [-0.2, 0) is 10.1 Å². The average molecular weight is 557 g/mol. The first kappa shape index (κ1) is 32.5. The Hall–Kier alpha value is -0.710. The second-order valence-electron chi connectivity index (χ2n) is 9.72. The van der Waals surface area contributed by atoms with E-state index in [2.05, 4.69) is 22.2 Å². The summed E-state index contributed by atoms with van der Waals surface area (Å²) in [6, 6.07) is 9.74. The van der Waals surface area contributed by atoms with Crippen LogP contribution in [0.4, 0.5) is 0 Å². The Kier molecular flexibility index (Phi) is 15.6. The van der Waals surface area contributed by atoms with Gasteiger partial charge in [0, 0.05) is 5.75 Å². The summed E-state index contributed by atoms with van der Waals surface area (Å²) in [5.74, 6) is 0.755. The zero-order valence-corrected chi connectivity index (χ0v) is 26.2. The molecule has 0 spiro atoms. The normalized spacial score (nSPS) is 14.1. The van der Waals surface area contributed by atoms with E-state index in [0.717, 1.165) is 30.5 Å². The van der Waals surface area contributed by atoms with Crippen LogP contribution in [0.3, 0.4) is 0 Å². The topological polar surface area (TPSA) is 100 Å². The molecule has 0 bridgehead atoms. The van der Waals surface area contributed by atoms with Crippen LogP contribution in [0.2, 0.25) is 0 Å². The van der Waals surface area contributed by atoms with Crippen molar-refractivity contribution in [2.45, 2.75) is 114 Å². The third kappa shape index (κ3) is 11.1. The summed E-state index contributed by atoms with van der Waals surface area (Å²) in [4.78, 5) is 0. The first-order valence-corrected chi connectivity index (χ1v) is 16.1. The van der Waals surface area contributed by atoms with Crippen LogP contribution >= 0.6 is 11.8 Å². The Morgan fingerprint density at radius 3 is 1.95 bits per heavy atom. The minimum atomic E-state index is -4.57. The van der Waals surface area contributed by atoms with E-state index < -0.39 is 15.4 Å². The molecule has 1 aliphatic heterocycles. The van der Waals surface area contributed by atoms with Crippen molar-refractivity contribution in [3.8, 4) is 0 Å². The van der Waals surface area contributed by atoms with E-state index in [4.69, 9.17) is 0 Å². The molecule has 0 aliphatic carbocycles. The maximum absolute atomic E-state index is 12.1. The number of fused-ring (bicyclic) bond motifs is 1. The predicted octanol–water partition coefficient (Wildman–Crippen LogP) is 4.10. The number of hydrogen-bond donors (Lipinski definition) is 0. The molecular formula is C27H41N4NaO3S2. The van der Waals surface area contributed by atoms with Gasteiger partial charge in [-0.3, -0.25) is 0 Å². The molecule has 1 aromatic heterocycles. The fourth-order valence-electron chi connectivity index (χ4n) is 4.64. The van der Waals surface area contributed by atoms with E-state index >= 15 is 0 Å². The van der Waals surface area contributed by atoms with Crippen molar-refractivity contribution < 1.29 is 42.5 Å². The van der Waals surface area contributed by atoms with Gasteiger partial charge >= 0.3 is 29.6 Å². The number of hydrogen-bond acceptors (Lipinski definition) is 7. The van der Waals surface area contributed by atoms with Crippen LogP contribution < -0.4 is 29.6 Å². The molecule has 200 valence electrons. The summed E-state index contributed by atoms with van der Waals surface area (Å²) >= 11 is 1.45. The summed E-state index contributed by atoms with van der Waals surface area (Å²) in [7, 11) is -4.57. The molecule has 7 nitrogen and oxygen atoms in total. The Bertz CT molecular complexity index is 1050. The molecule has 10 heteroatoms. The van der Waals surface area contributed by atoms with Gasteiger partial charge in [0.15, 0.2) is 5.82 Å². The van der Waals surface area contributed by atoms with Crippen LogP contribution in [0, 0.1) is 0 Å². The van der Waals surface area contributed by atoms with Gasteiger partial charge in [0.1, 0.15) is 15.4 Å². The Labute approximate surface area is 249 Å². The third-order valence-corrected chi connectivity index (χ3v) is 8.83. The van der Waals surface area contributed by atoms with Gasteiger partial charge in [-0.15, -0.1) is 10.2 Å². The molecule has 0 fully saturated rings. The van der Waals surface area contributed by atoms with Gasteiger partial charge in [0.2, 0.25) is 5.16 Å². The third-order valence-electron chi connectivity index (χ3n) is 6.76. The van der Waals surface area contributed by atoms with Crippen molar-refractivity contribution >= 4 is 27.6 Å². The van der Waals surface area contributed by atoms with Gasteiger partial charge in [-0.25, -0.2) is 8.42 Å². The van der Waals surface area contributed by atoms with Crippen molar-refractivity contribution in [2.75, 3.05) is 5.75 Å². The van der Waals surface area contributed by atoms with Gasteiger partial charge in [-0.1, -0.05) is 139 Å². The van der Waals surface area contributed by atoms with Crippen molar-refractivity contribution in [2.24, 2.45) is 5.10 Å². The molecule has 0 amide bonds. The molecular weight excluding hydrogens is 515 g/mol. The van der Waals surface area contributed by atoms with E-state index in [1.54, 1.807) is 0 Å². The zero-order chi connectivity index (χ0) is 25.6. The fraction of sp³-hybridized carbons (Fsp3) is 0.667. The monoisotopic (exact) mass is 556 g/mol. The van der Waals surface area contributed by atoms with Crippen LogP contribution in [-0.4, -0.2) is 39.3 Å². The molecule has 3 rings (SSSR count). The minimum absolute atomic E-state index is 0. The van der Waals surface area contributed by atoms with E-state index in [1.165, 1.54) is 80.6 Å². The largest absolute Gasteiger partial charge is 1.00 e. The number of unbranched alkanes of at least 4 members (excludes halogenated alkanes) is 13. The van der Waals surface area contributed by atoms with Gasteiger partial charge in [-0.05, 0) is 12.0 Å². The van der Waals surface area contributed by atoms with Crippen LogP contribution in [0.15, 0.2) is 40.6 Å². The average Bonchev–Trinajstić information content (AvgIpc) is 3.29. The van der Waals surface area contributed by atoms with E-state index in [9.17, 15) is 13.0 Å². The molecule has 1 atom stereocenters. The van der Waals surface area contributed by atoms with Crippen LogP contribution in [0.5, 0.6) is 0 Å². The van der Waals surface area contributed by atoms with E-state index in [-0.39, 0.29) is 41.8 Å². The SMILES string of the molecule is CCCCCCCCCCCCCCCCC(c1nnc2n1N=C(c1ccccc1)CS2)S(=O)(=O)[O-].[Na+]. The first-order valence-electron chi connectivity index (χ1n) is 13.7. The molecule has 0 saturated heterocycles. The molecule has 1 unspecified atom stereocenters. The molecule has 1 aliphatic rings. The predicted molar refractivity (Wildman–Crippen MR) is 146 cm³/mol. The second-order valence-corrected chi connectivity index (χ2v) is 12.2. The Balaban J connectivity index is 0.00000481. The number of thioether (sulfide) groups is 1. The fourth-order valence-corrected chi connectivity index (χ4v) is 6.35. The first-order chi connectivity index (χ1) is 17.5. The smallest absolute Gasteiger partial charge is 0.747 e. The second kappa shape index (κ2) is 17.8. The number of aromatic nitrogens is 3. The maximum Gasteiger partial charge on any atom is 1.00 e. The van der Waals surface area contributed by atoms with Gasteiger partial charge in [0.05, 0.1) is 5.71 Å². The van der Waals surface area contributed by atoms with Gasteiger partial charge in [-0.2, -0.15) is 9.78 Å². The van der Waals surface area contributed by atoms with Gasteiger partial charge in [0.25, 0.3) is 0 Å². The van der Waals surface area contributed by atoms with Crippen LogP contribution in [0.1, 0.15) is 120 Å². The number of nitrogens with zero attached hydrogens (tertiary/aromatic N) is 4. The molecule has 0 saturated carbocycles. The van der Waals surface area contributed by atoms with Gasteiger partial charge < -0.3 is 4.55 Å². The Morgan fingerprint density at radius 2 is 1.41 bits per heavy atom. The quantitative estimate of drug-likeness (QED) is 0.156. The molecule has 0 N–H and O–H groups in total. The molecule has 1 aromatic carbocycles. The van der Waals surface area contributed by atoms with E-state index in [0.29, 0.717) is 17.3 Å². The molecule has 0 radical (unpaired) electrons. The van der Waals surface area contributed by atoms with Crippen LogP contribution in [0.25, 0.3) is 0 Å². The molecule has 2 heterocycles. The number of rotatable bonds is 18. The summed E-state index contributed by atoms with van der Waals surface area (Å²) < 4.78 is 37.9. The summed E-state index contributed by atoms with van der Waals surface area (Å²) in [5.41, 5.74) is 1.77. The van der Waals surface area contributed by atoms with E-state index in [1.807, 2.05) is 30.3 Å². The summed E-state index contributed by atoms with van der Waals surface area (Å²) in [6.45, 7) is 2.25. The minimum Gasteiger partial charge on any atom is -0.747 e. The summed E-state index contributed by atoms with van der Waals surface area (Å²) in [6.07, 6.45) is 17.4. The van der Waals surface area contributed by atoms with Crippen molar-refractivity contribution in [3.05, 3.63) is 41.7 Å². The maximum atomic E-state index is 12.1. The summed E-state index contributed by atoms with van der Waals surface area (Å²) in [5, 5.41) is 12.1. The standard InChI is InChI=1S/C27H42N4O3S2.Na/c1-2-3-4-5-6-7-8-9-10-11-12-13-14-18-21-25(36(32,33)34)26-28-29-27-31(26)30-24(22-35-27)23-19-16-15-17-20-23;/h15-17,19-20,25H,2-14,18,21-22H2,1H3,(H,32,33,34);/q;+1/p-1. The number of benzene rings is 1. The zero-order valence-electron chi connectivity index (χ0n) is 22.6. The molecule has 37 heavy (non-hydrogen) atoms. The van der Waals surface area contributed by atoms with Crippen molar-refractivity contribution in [1.29, 1.82) is 0 Å². The molecule has 2 aromatic rings. The van der Waals surface area contributed by atoms with Crippen molar-refractivity contribution in [3.63, 3.8) is 0 Å². The van der Waals surface area contributed by atoms with Crippen molar-refractivity contribution in [1.82, 2.24) is 14.9 Å².